The highest BCUT2D eigenvalue weighted by Crippen LogP contribution is 2.25. The molecule has 1 amide bonds. The molecule has 82 valence electrons. The second-order valence-corrected chi connectivity index (χ2v) is 3.99. The van der Waals surface area contributed by atoms with E-state index in [1.165, 1.54) is 6.92 Å². The SMILES string of the molecule is CC#CCC(C)(C(=O)O)C(=O)NC1CC1. The molecule has 1 saturated carbocycles. The average molecular weight is 209 g/mol. The van der Waals surface area contributed by atoms with Gasteiger partial charge >= 0.3 is 5.97 Å². The number of hydrogen-bond acceptors (Lipinski definition) is 2. The molecule has 1 aliphatic rings. The Morgan fingerprint density at radius 3 is 2.53 bits per heavy atom. The lowest BCUT2D eigenvalue weighted by molar-refractivity contribution is -0.154. The normalized spacial score (nSPS) is 18.3. The molecule has 0 aromatic carbocycles. The van der Waals surface area contributed by atoms with E-state index in [1.54, 1.807) is 6.92 Å². The third-order valence-corrected chi connectivity index (χ3v) is 2.50. The fraction of sp³-hybridized carbons (Fsp3) is 0.636. The summed E-state index contributed by atoms with van der Waals surface area (Å²) in [5.74, 6) is 3.71. The molecule has 0 heterocycles. The van der Waals surface area contributed by atoms with Crippen LogP contribution in [0.5, 0.6) is 0 Å². The van der Waals surface area contributed by atoms with Crippen LogP contribution in [0.1, 0.15) is 33.1 Å². The lowest BCUT2D eigenvalue weighted by Gasteiger charge is -2.21. The molecule has 0 radical (unpaired) electrons. The van der Waals surface area contributed by atoms with Crippen molar-refractivity contribution in [3.8, 4) is 11.8 Å². The molecule has 4 heteroatoms. The van der Waals surface area contributed by atoms with E-state index in [2.05, 4.69) is 17.2 Å². The Bertz CT molecular complexity index is 335. The number of carboxylic acid groups (broad SMARTS) is 1. The molecule has 2 N–H and O–H groups in total. The van der Waals surface area contributed by atoms with Gasteiger partial charge in [0.1, 0.15) is 0 Å². The van der Waals surface area contributed by atoms with Crippen molar-refractivity contribution < 1.29 is 14.7 Å². The van der Waals surface area contributed by atoms with E-state index in [0.29, 0.717) is 0 Å². The van der Waals surface area contributed by atoms with E-state index in [9.17, 15) is 9.59 Å². The Labute approximate surface area is 89.0 Å². The topological polar surface area (TPSA) is 66.4 Å². The van der Waals surface area contributed by atoms with Crippen LogP contribution in [0.4, 0.5) is 0 Å². The fourth-order valence-corrected chi connectivity index (χ4v) is 1.09. The van der Waals surface area contributed by atoms with Crippen molar-refractivity contribution in [1.29, 1.82) is 0 Å². The number of aliphatic carboxylic acids is 1. The van der Waals surface area contributed by atoms with Gasteiger partial charge in [-0.3, -0.25) is 9.59 Å². The Kier molecular flexibility index (Phi) is 3.35. The summed E-state index contributed by atoms with van der Waals surface area (Å²) in [4.78, 5) is 22.7. The highest BCUT2D eigenvalue weighted by molar-refractivity contribution is 6.02. The number of amides is 1. The molecule has 0 bridgehead atoms. The number of hydrogen-bond donors (Lipinski definition) is 2. The summed E-state index contributed by atoms with van der Waals surface area (Å²) >= 11 is 0. The smallest absolute Gasteiger partial charge is 0.319 e. The molecular weight excluding hydrogens is 194 g/mol. The van der Waals surface area contributed by atoms with Gasteiger partial charge in [-0.1, -0.05) is 0 Å². The number of rotatable bonds is 4. The van der Waals surface area contributed by atoms with Crippen molar-refractivity contribution in [3.63, 3.8) is 0 Å². The zero-order chi connectivity index (χ0) is 11.5. The molecule has 1 unspecified atom stereocenters. The maximum Gasteiger partial charge on any atom is 0.319 e. The molecule has 0 spiro atoms. The molecular formula is C11H15NO3. The zero-order valence-corrected chi connectivity index (χ0v) is 8.96. The zero-order valence-electron chi connectivity index (χ0n) is 8.96. The summed E-state index contributed by atoms with van der Waals surface area (Å²) in [5.41, 5.74) is -1.42. The minimum atomic E-state index is -1.42. The average Bonchev–Trinajstić information content (AvgIpc) is 2.97. The van der Waals surface area contributed by atoms with Crippen LogP contribution in [-0.2, 0) is 9.59 Å². The van der Waals surface area contributed by atoms with Crippen molar-refractivity contribution in [1.82, 2.24) is 5.32 Å². The minimum Gasteiger partial charge on any atom is -0.480 e. The Balaban J connectivity index is 2.71. The first kappa shape index (κ1) is 11.6. The summed E-state index contributed by atoms with van der Waals surface area (Å²) in [7, 11) is 0. The van der Waals surface area contributed by atoms with Crippen LogP contribution in [0.3, 0.4) is 0 Å². The molecule has 0 aromatic heterocycles. The molecule has 1 atom stereocenters. The first-order valence-corrected chi connectivity index (χ1v) is 4.94. The standard InChI is InChI=1S/C11H15NO3/c1-3-4-7-11(2,10(14)15)9(13)12-8-5-6-8/h8H,5-7H2,1-2H3,(H,12,13)(H,14,15). The van der Waals surface area contributed by atoms with Gasteiger partial charge in [-0.2, -0.15) is 0 Å². The molecule has 1 fully saturated rings. The van der Waals surface area contributed by atoms with Gasteiger partial charge in [0.25, 0.3) is 0 Å². The van der Waals surface area contributed by atoms with Crippen LogP contribution < -0.4 is 5.32 Å². The summed E-state index contributed by atoms with van der Waals surface area (Å²) in [6.07, 6.45) is 1.94. The first-order valence-electron chi connectivity index (χ1n) is 4.94. The van der Waals surface area contributed by atoms with Crippen LogP contribution in [0.2, 0.25) is 0 Å². The van der Waals surface area contributed by atoms with Crippen LogP contribution in [0, 0.1) is 17.3 Å². The van der Waals surface area contributed by atoms with Gasteiger partial charge < -0.3 is 10.4 Å². The van der Waals surface area contributed by atoms with Crippen LogP contribution in [-0.4, -0.2) is 23.0 Å². The Morgan fingerprint density at radius 2 is 2.13 bits per heavy atom. The van der Waals surface area contributed by atoms with Gasteiger partial charge in [0.15, 0.2) is 5.41 Å². The van der Waals surface area contributed by atoms with Crippen molar-refractivity contribution in [2.24, 2.45) is 5.41 Å². The van der Waals surface area contributed by atoms with E-state index >= 15 is 0 Å². The summed E-state index contributed by atoms with van der Waals surface area (Å²) < 4.78 is 0. The largest absolute Gasteiger partial charge is 0.480 e. The highest BCUT2D eigenvalue weighted by Gasteiger charge is 2.42. The lowest BCUT2D eigenvalue weighted by Crippen LogP contribution is -2.45. The highest BCUT2D eigenvalue weighted by atomic mass is 16.4. The minimum absolute atomic E-state index is 0.0530. The van der Waals surface area contributed by atoms with Crippen molar-refractivity contribution in [3.05, 3.63) is 0 Å². The summed E-state index contributed by atoms with van der Waals surface area (Å²) in [5, 5.41) is 11.7. The van der Waals surface area contributed by atoms with Crippen molar-refractivity contribution in [2.45, 2.75) is 39.2 Å². The molecule has 0 saturated heterocycles. The molecule has 1 rings (SSSR count). The van der Waals surface area contributed by atoms with Crippen LogP contribution >= 0.6 is 0 Å². The fourth-order valence-electron chi connectivity index (χ4n) is 1.09. The second-order valence-electron chi connectivity index (χ2n) is 3.99. The quantitative estimate of drug-likeness (QED) is 0.531. The number of carbonyl (C=O) groups is 2. The first-order chi connectivity index (χ1) is 7.00. The predicted molar refractivity (Wildman–Crippen MR) is 55.0 cm³/mol. The van der Waals surface area contributed by atoms with E-state index in [1.807, 2.05) is 0 Å². The summed E-state index contributed by atoms with van der Waals surface area (Å²) in [6, 6.07) is 0.172. The van der Waals surface area contributed by atoms with Gasteiger partial charge in [0.05, 0.1) is 0 Å². The second kappa shape index (κ2) is 4.35. The van der Waals surface area contributed by atoms with Crippen LogP contribution in [0.25, 0.3) is 0 Å². The maximum atomic E-state index is 11.7. The lowest BCUT2D eigenvalue weighted by atomic mass is 9.86. The predicted octanol–water partition coefficient (Wildman–Crippen LogP) is 0.769. The van der Waals surface area contributed by atoms with Gasteiger partial charge in [-0.05, 0) is 26.7 Å². The van der Waals surface area contributed by atoms with Crippen molar-refractivity contribution >= 4 is 11.9 Å². The number of carbonyl (C=O) groups excluding carboxylic acids is 1. The third-order valence-electron chi connectivity index (χ3n) is 2.50. The molecule has 1 aliphatic carbocycles. The van der Waals surface area contributed by atoms with Gasteiger partial charge in [0.2, 0.25) is 5.91 Å². The van der Waals surface area contributed by atoms with E-state index < -0.39 is 17.3 Å². The summed E-state index contributed by atoms with van der Waals surface area (Å²) in [6.45, 7) is 3.04. The van der Waals surface area contributed by atoms with Crippen LogP contribution in [0.15, 0.2) is 0 Å². The van der Waals surface area contributed by atoms with E-state index in [-0.39, 0.29) is 12.5 Å². The number of carboxylic acids is 1. The Morgan fingerprint density at radius 1 is 1.53 bits per heavy atom. The molecule has 4 nitrogen and oxygen atoms in total. The van der Waals surface area contributed by atoms with Gasteiger partial charge in [0, 0.05) is 12.5 Å². The molecule has 15 heavy (non-hydrogen) atoms. The van der Waals surface area contributed by atoms with Gasteiger partial charge in [-0.15, -0.1) is 11.8 Å². The van der Waals surface area contributed by atoms with Gasteiger partial charge in [-0.25, -0.2) is 0 Å². The molecule has 0 aliphatic heterocycles. The van der Waals surface area contributed by atoms with E-state index in [4.69, 9.17) is 5.11 Å². The molecule has 0 aromatic rings. The monoisotopic (exact) mass is 209 g/mol. The maximum absolute atomic E-state index is 11.7. The van der Waals surface area contributed by atoms with Crippen molar-refractivity contribution in [2.75, 3.05) is 0 Å². The number of nitrogens with one attached hydrogen (secondary N) is 1. The third kappa shape index (κ3) is 2.72. The van der Waals surface area contributed by atoms with E-state index in [0.717, 1.165) is 12.8 Å². The Hall–Kier alpha value is -1.50.